The normalized spacial score (nSPS) is 15.5. The molecule has 1 aromatic carbocycles. The van der Waals surface area contributed by atoms with Crippen LogP contribution in [0.1, 0.15) is 19.4 Å². The zero-order valence-electron chi connectivity index (χ0n) is 11.3. The van der Waals surface area contributed by atoms with E-state index in [2.05, 4.69) is 0 Å². The lowest BCUT2D eigenvalue weighted by atomic mass is 10.1. The number of esters is 1. The van der Waals surface area contributed by atoms with Crippen molar-refractivity contribution in [3.63, 3.8) is 0 Å². The van der Waals surface area contributed by atoms with Crippen LogP contribution in [-0.2, 0) is 14.3 Å². The minimum absolute atomic E-state index is 0.0554. The second kappa shape index (κ2) is 5.30. The average Bonchev–Trinajstić information content (AvgIpc) is 2.38. The number of hydrogen-bond donors (Lipinski definition) is 0. The SMILES string of the molecule is CCOC(=O)[C@@H](C)N1C(=O)COc2cc(C)ccc21. The number of hydrogen-bond acceptors (Lipinski definition) is 4. The second-order valence-electron chi connectivity index (χ2n) is 4.45. The molecule has 0 spiro atoms. The summed E-state index contributed by atoms with van der Waals surface area (Å²) in [7, 11) is 0. The van der Waals surface area contributed by atoms with Gasteiger partial charge in [-0.2, -0.15) is 0 Å². The molecule has 0 aromatic heterocycles. The largest absolute Gasteiger partial charge is 0.482 e. The smallest absolute Gasteiger partial charge is 0.328 e. The molecule has 0 aliphatic carbocycles. The number of nitrogens with zero attached hydrogens (tertiary/aromatic N) is 1. The highest BCUT2D eigenvalue weighted by Gasteiger charge is 2.33. The third kappa shape index (κ3) is 2.54. The van der Waals surface area contributed by atoms with Crippen molar-refractivity contribution in [1.82, 2.24) is 0 Å². The molecule has 1 aliphatic rings. The van der Waals surface area contributed by atoms with Crippen LogP contribution in [0.25, 0.3) is 0 Å². The van der Waals surface area contributed by atoms with E-state index in [1.54, 1.807) is 19.9 Å². The first-order valence-electron chi connectivity index (χ1n) is 6.26. The van der Waals surface area contributed by atoms with Gasteiger partial charge in [0.15, 0.2) is 6.61 Å². The predicted molar refractivity (Wildman–Crippen MR) is 70.3 cm³/mol. The Bertz CT molecular complexity index is 512. The molecule has 0 N–H and O–H groups in total. The number of amides is 1. The van der Waals surface area contributed by atoms with Crippen molar-refractivity contribution in [2.75, 3.05) is 18.1 Å². The summed E-state index contributed by atoms with van der Waals surface area (Å²) in [5.74, 6) is -0.0306. The van der Waals surface area contributed by atoms with Crippen molar-refractivity contribution in [1.29, 1.82) is 0 Å². The topological polar surface area (TPSA) is 55.8 Å². The molecule has 0 fully saturated rings. The van der Waals surface area contributed by atoms with Crippen LogP contribution in [0.5, 0.6) is 5.75 Å². The molecule has 0 radical (unpaired) electrons. The van der Waals surface area contributed by atoms with Gasteiger partial charge in [-0.3, -0.25) is 9.69 Å². The molecule has 19 heavy (non-hydrogen) atoms. The van der Waals surface area contributed by atoms with E-state index in [-0.39, 0.29) is 12.5 Å². The lowest BCUT2D eigenvalue weighted by Crippen LogP contribution is -2.48. The fourth-order valence-electron chi connectivity index (χ4n) is 2.07. The third-order valence-corrected chi connectivity index (χ3v) is 3.01. The highest BCUT2D eigenvalue weighted by molar-refractivity contribution is 6.02. The lowest BCUT2D eigenvalue weighted by molar-refractivity contribution is -0.145. The van der Waals surface area contributed by atoms with E-state index in [4.69, 9.17) is 9.47 Å². The molecule has 5 heteroatoms. The molecule has 0 saturated carbocycles. The van der Waals surface area contributed by atoms with Gasteiger partial charge in [-0.25, -0.2) is 4.79 Å². The van der Waals surface area contributed by atoms with Crippen LogP contribution < -0.4 is 9.64 Å². The molecular weight excluding hydrogens is 246 g/mol. The average molecular weight is 263 g/mol. The first kappa shape index (κ1) is 13.4. The van der Waals surface area contributed by atoms with Gasteiger partial charge < -0.3 is 9.47 Å². The van der Waals surface area contributed by atoms with Crippen molar-refractivity contribution in [3.8, 4) is 5.75 Å². The van der Waals surface area contributed by atoms with E-state index >= 15 is 0 Å². The van der Waals surface area contributed by atoms with Gasteiger partial charge in [0, 0.05) is 0 Å². The quantitative estimate of drug-likeness (QED) is 0.778. The van der Waals surface area contributed by atoms with E-state index < -0.39 is 12.0 Å². The summed E-state index contributed by atoms with van der Waals surface area (Å²) >= 11 is 0. The third-order valence-electron chi connectivity index (χ3n) is 3.01. The first-order valence-corrected chi connectivity index (χ1v) is 6.26. The van der Waals surface area contributed by atoms with Crippen LogP contribution in [0.2, 0.25) is 0 Å². The number of benzene rings is 1. The maximum Gasteiger partial charge on any atom is 0.328 e. The van der Waals surface area contributed by atoms with Crippen molar-refractivity contribution < 1.29 is 19.1 Å². The molecule has 1 heterocycles. The Morgan fingerprint density at radius 2 is 2.26 bits per heavy atom. The first-order chi connectivity index (χ1) is 9.04. The summed E-state index contributed by atoms with van der Waals surface area (Å²) in [6.07, 6.45) is 0. The minimum Gasteiger partial charge on any atom is -0.482 e. The van der Waals surface area contributed by atoms with Crippen LogP contribution in [0.3, 0.4) is 0 Å². The number of aryl methyl sites for hydroxylation is 1. The van der Waals surface area contributed by atoms with Gasteiger partial charge in [0.1, 0.15) is 11.8 Å². The molecule has 1 amide bonds. The maximum atomic E-state index is 12.0. The number of carbonyl (C=O) groups is 2. The molecule has 0 unspecified atom stereocenters. The Hall–Kier alpha value is -2.04. The van der Waals surface area contributed by atoms with E-state index in [1.165, 1.54) is 4.90 Å². The molecule has 2 rings (SSSR count). The van der Waals surface area contributed by atoms with Crippen molar-refractivity contribution in [2.24, 2.45) is 0 Å². The van der Waals surface area contributed by atoms with Crippen molar-refractivity contribution in [2.45, 2.75) is 26.8 Å². The Balaban J connectivity index is 2.35. The highest BCUT2D eigenvalue weighted by Crippen LogP contribution is 2.34. The van der Waals surface area contributed by atoms with E-state index in [0.717, 1.165) is 5.56 Å². The minimum atomic E-state index is -0.655. The Morgan fingerprint density at radius 3 is 2.95 bits per heavy atom. The summed E-state index contributed by atoms with van der Waals surface area (Å²) in [5, 5.41) is 0. The Labute approximate surface area is 112 Å². The Morgan fingerprint density at radius 1 is 1.53 bits per heavy atom. The van der Waals surface area contributed by atoms with Gasteiger partial charge in [0.05, 0.1) is 12.3 Å². The van der Waals surface area contributed by atoms with Gasteiger partial charge >= 0.3 is 5.97 Å². The van der Waals surface area contributed by atoms with E-state index in [9.17, 15) is 9.59 Å². The number of carbonyl (C=O) groups excluding carboxylic acids is 2. The van der Waals surface area contributed by atoms with Crippen LogP contribution in [0.4, 0.5) is 5.69 Å². The maximum absolute atomic E-state index is 12.0. The zero-order chi connectivity index (χ0) is 14.0. The Kier molecular flexibility index (Phi) is 3.74. The molecule has 5 nitrogen and oxygen atoms in total. The molecule has 0 saturated heterocycles. The van der Waals surface area contributed by atoms with Crippen molar-refractivity contribution >= 4 is 17.6 Å². The summed E-state index contributed by atoms with van der Waals surface area (Å²) < 4.78 is 10.4. The van der Waals surface area contributed by atoms with E-state index in [1.807, 2.05) is 19.1 Å². The lowest BCUT2D eigenvalue weighted by Gasteiger charge is -2.32. The summed E-state index contributed by atoms with van der Waals surface area (Å²) in [6, 6.07) is 4.87. The predicted octanol–water partition coefficient (Wildman–Crippen LogP) is 1.67. The summed E-state index contributed by atoms with van der Waals surface area (Å²) in [5.41, 5.74) is 1.65. The van der Waals surface area contributed by atoms with Crippen LogP contribution in [0, 0.1) is 6.92 Å². The van der Waals surface area contributed by atoms with Crippen molar-refractivity contribution in [3.05, 3.63) is 23.8 Å². The zero-order valence-corrected chi connectivity index (χ0v) is 11.3. The highest BCUT2D eigenvalue weighted by atomic mass is 16.5. The number of rotatable bonds is 3. The number of fused-ring (bicyclic) bond motifs is 1. The second-order valence-corrected chi connectivity index (χ2v) is 4.45. The molecule has 1 aromatic rings. The molecule has 1 atom stereocenters. The fraction of sp³-hybridized carbons (Fsp3) is 0.429. The standard InChI is InChI=1S/C14H17NO4/c1-4-18-14(17)10(3)15-11-6-5-9(2)7-12(11)19-8-13(15)16/h5-7,10H,4,8H2,1-3H3/t10-/m1/s1. The molecule has 0 bridgehead atoms. The van der Waals surface area contributed by atoms with Crippen LogP contribution in [0.15, 0.2) is 18.2 Å². The van der Waals surface area contributed by atoms with Crippen LogP contribution in [-0.4, -0.2) is 31.1 Å². The molecular formula is C14H17NO4. The van der Waals surface area contributed by atoms with Gasteiger partial charge in [-0.15, -0.1) is 0 Å². The van der Waals surface area contributed by atoms with Gasteiger partial charge in [-0.05, 0) is 38.5 Å². The fourth-order valence-corrected chi connectivity index (χ4v) is 2.07. The van der Waals surface area contributed by atoms with Gasteiger partial charge in [-0.1, -0.05) is 6.07 Å². The number of anilines is 1. The monoisotopic (exact) mass is 263 g/mol. The molecule has 102 valence electrons. The van der Waals surface area contributed by atoms with Crippen LogP contribution >= 0.6 is 0 Å². The summed E-state index contributed by atoms with van der Waals surface area (Å²) in [4.78, 5) is 25.2. The van der Waals surface area contributed by atoms with E-state index in [0.29, 0.717) is 18.0 Å². The van der Waals surface area contributed by atoms with Gasteiger partial charge in [0.2, 0.25) is 0 Å². The number of ether oxygens (including phenoxy) is 2. The van der Waals surface area contributed by atoms with Gasteiger partial charge in [0.25, 0.3) is 5.91 Å². The molecule has 1 aliphatic heterocycles. The summed E-state index contributed by atoms with van der Waals surface area (Å²) in [6.45, 7) is 5.58.